The van der Waals surface area contributed by atoms with E-state index in [0.717, 1.165) is 25.7 Å². The number of hydrogen-bond donors (Lipinski definition) is 0. The predicted molar refractivity (Wildman–Crippen MR) is 413 cm³/mol. The quantitative estimate of drug-likeness (QED) is 0.160. The van der Waals surface area contributed by atoms with E-state index in [1.807, 2.05) is 0 Å². The van der Waals surface area contributed by atoms with Crippen molar-refractivity contribution in [2.45, 2.75) is 300 Å². The van der Waals surface area contributed by atoms with Crippen LogP contribution in [0.5, 0.6) is 0 Å². The van der Waals surface area contributed by atoms with Crippen molar-refractivity contribution in [2.24, 2.45) is 0 Å². The van der Waals surface area contributed by atoms with Crippen LogP contribution in [0.25, 0.3) is 11.4 Å². The van der Waals surface area contributed by atoms with Gasteiger partial charge in [0.15, 0.2) is 0 Å². The summed E-state index contributed by atoms with van der Waals surface area (Å²) in [6.07, 6.45) is 12.7. The highest BCUT2D eigenvalue weighted by Crippen LogP contribution is 2.69. The topological polar surface area (TPSA) is 9.72 Å². The van der Waals surface area contributed by atoms with Crippen molar-refractivity contribution in [3.63, 3.8) is 0 Å². The first-order valence-electron chi connectivity index (χ1n) is 38.1. The predicted octanol–water partition coefficient (Wildman–Crippen LogP) is 23.5. The molecule has 7 aromatic rings. The summed E-state index contributed by atoms with van der Waals surface area (Å²) in [5.74, 6) is 0. The number of aryl methyl sites for hydroxylation is 1. The van der Waals surface area contributed by atoms with Crippen molar-refractivity contribution in [3.05, 3.63) is 215 Å². The maximum atomic E-state index is 2.93. The molecule has 4 unspecified atom stereocenters. The zero-order valence-electron chi connectivity index (χ0n) is 63.7. The van der Waals surface area contributed by atoms with Crippen LogP contribution >= 0.6 is 0 Å². The molecular weight excluding hydrogens is 1170 g/mol. The highest BCUT2D eigenvalue weighted by atomic mass is 15.3. The van der Waals surface area contributed by atoms with Gasteiger partial charge in [-0.15, -0.1) is 0 Å². The summed E-state index contributed by atoms with van der Waals surface area (Å²) in [7, 11) is 0. The molecule has 500 valence electrons. The van der Waals surface area contributed by atoms with Crippen LogP contribution < -0.4 is 20.2 Å². The van der Waals surface area contributed by atoms with Crippen molar-refractivity contribution in [1.82, 2.24) is 0 Å². The van der Waals surface area contributed by atoms with Crippen molar-refractivity contribution < 1.29 is 0 Å². The Kier molecular flexibility index (Phi) is 12.0. The average Bonchev–Trinajstić information content (AvgIpc) is 1.52. The third kappa shape index (κ3) is 7.79. The Morgan fingerprint density at radius 3 is 1.31 bits per heavy atom. The third-order valence-corrected chi connectivity index (χ3v) is 30.2. The maximum Gasteiger partial charge on any atom is 0.245 e. The minimum atomic E-state index is -0.439. The standard InChI is InChI=1S/C93H110BN3/c1-81(2,3)55-28-33-73-72(44-55)92(22)35-34-54-26-24-25-27-61(54)93(92,23)97(73)58-47-74-76-75(48-58)96-57-30-32-63-70(46-57)90(20,42-40-83(63,6)7)53-91(21)43-41-87(14,15)69-52-65-60(50-71(69)91)78(96)80(89(65,18)19)94(76)79-77(95(74)56-29-31-62-66(45-56)84(8,9)37-36-82(62,4)5)59-49-67-68(51-64(59)88(79,16)17)86(12,13)39-38-85(67,10)11/h24-33,44-52H,34-43,53H2,1-23H3. The molecule has 3 nitrogen and oxygen atoms in total. The molecule has 0 aromatic heterocycles. The van der Waals surface area contributed by atoms with Crippen molar-refractivity contribution in [3.8, 4) is 0 Å². The van der Waals surface area contributed by atoms with Gasteiger partial charge in [-0.05, 0) is 264 Å². The van der Waals surface area contributed by atoms with Crippen molar-refractivity contribution >= 4 is 57.7 Å². The van der Waals surface area contributed by atoms with E-state index in [2.05, 4.69) is 289 Å². The molecule has 0 N–H and O–H groups in total. The molecule has 18 rings (SSSR count). The summed E-state index contributed by atoms with van der Waals surface area (Å²) in [6, 6.07) is 50.0. The van der Waals surface area contributed by atoms with Gasteiger partial charge in [-0.1, -0.05) is 224 Å². The van der Waals surface area contributed by atoms with Gasteiger partial charge in [-0.2, -0.15) is 0 Å². The number of nitrogens with zero attached hydrogens (tertiary/aromatic N) is 3. The average molecular weight is 1280 g/mol. The van der Waals surface area contributed by atoms with Crippen LogP contribution in [0.2, 0.25) is 0 Å². The molecule has 7 aliphatic carbocycles. The summed E-state index contributed by atoms with van der Waals surface area (Å²) in [5.41, 5.74) is 38.4. The summed E-state index contributed by atoms with van der Waals surface area (Å²) in [6.45, 7) is 59.1. The lowest BCUT2D eigenvalue weighted by Gasteiger charge is -2.52. The fourth-order valence-electron chi connectivity index (χ4n) is 23.6. The van der Waals surface area contributed by atoms with E-state index in [1.54, 1.807) is 44.3 Å². The van der Waals surface area contributed by atoms with Crippen LogP contribution in [0.1, 0.15) is 312 Å². The van der Waals surface area contributed by atoms with E-state index in [9.17, 15) is 0 Å². The van der Waals surface area contributed by atoms with E-state index < -0.39 is 5.54 Å². The van der Waals surface area contributed by atoms with Crippen LogP contribution in [0.3, 0.4) is 0 Å². The zero-order valence-corrected chi connectivity index (χ0v) is 63.7. The van der Waals surface area contributed by atoms with E-state index in [-0.39, 0.29) is 71.7 Å². The van der Waals surface area contributed by atoms with Crippen LogP contribution in [-0.4, -0.2) is 6.71 Å². The number of anilines is 6. The van der Waals surface area contributed by atoms with Crippen molar-refractivity contribution in [2.75, 3.05) is 14.7 Å². The summed E-state index contributed by atoms with van der Waals surface area (Å²) in [4.78, 5) is 8.78. The second-order valence-corrected chi connectivity index (χ2v) is 40.6. The minimum absolute atomic E-state index is 0.00300. The lowest BCUT2D eigenvalue weighted by molar-refractivity contribution is 0.208. The largest absolute Gasteiger partial charge is 0.330 e. The van der Waals surface area contributed by atoms with E-state index >= 15 is 0 Å². The monoisotopic (exact) mass is 1280 g/mol. The second-order valence-electron chi connectivity index (χ2n) is 40.6. The Hall–Kier alpha value is -6.52. The summed E-state index contributed by atoms with van der Waals surface area (Å²) < 4.78 is 0. The van der Waals surface area contributed by atoms with Gasteiger partial charge in [0.1, 0.15) is 0 Å². The molecule has 0 saturated carbocycles. The van der Waals surface area contributed by atoms with Crippen LogP contribution in [-0.2, 0) is 76.9 Å². The molecular formula is C93H110BN3. The van der Waals surface area contributed by atoms with Gasteiger partial charge >= 0.3 is 0 Å². The maximum absolute atomic E-state index is 2.93. The van der Waals surface area contributed by atoms with Gasteiger partial charge in [0.2, 0.25) is 6.71 Å². The Morgan fingerprint density at radius 1 is 0.351 bits per heavy atom. The Morgan fingerprint density at radius 2 is 0.784 bits per heavy atom. The molecule has 4 aliphatic heterocycles. The van der Waals surface area contributed by atoms with Crippen molar-refractivity contribution in [1.29, 1.82) is 0 Å². The lowest BCUT2D eigenvalue weighted by atomic mass is 9.27. The number of allylic oxidation sites excluding steroid dienone is 2. The first-order valence-corrected chi connectivity index (χ1v) is 38.1. The van der Waals surface area contributed by atoms with E-state index in [4.69, 9.17) is 0 Å². The molecule has 0 amide bonds. The molecule has 4 atom stereocenters. The molecule has 11 aliphatic rings. The summed E-state index contributed by atoms with van der Waals surface area (Å²) in [5, 5.41) is 0. The zero-order chi connectivity index (χ0) is 68.6. The highest BCUT2D eigenvalue weighted by molar-refractivity contribution is 6.92. The SMILES string of the molecule is CC(C)(C)c1ccc2c(c1)C1(C)CCc3ccccc3C1(C)N2c1cc2c3c(c1)N1C4=C(B3C3=C(c5cc6c(cc5C3(C)C)C(C)(C)CCC6(C)C)N2c2ccc3c(c2)C(C)(C)CCC3(C)C)C(C)(C)c2cc3c(cc24)C(C)(CCC3(C)C)CC2(C)CCC(C)(C)c3ccc1cc32. The Labute approximate surface area is 584 Å². The number of benzene rings is 7. The molecule has 97 heavy (non-hydrogen) atoms. The van der Waals surface area contributed by atoms with Crippen LogP contribution in [0.4, 0.5) is 34.1 Å². The Balaban J connectivity index is 1.04. The third-order valence-electron chi connectivity index (χ3n) is 30.2. The first-order chi connectivity index (χ1) is 45.1. The minimum Gasteiger partial charge on any atom is -0.330 e. The molecule has 0 fully saturated rings. The molecule has 7 aromatic carbocycles. The van der Waals surface area contributed by atoms with Crippen LogP contribution in [0.15, 0.2) is 126 Å². The van der Waals surface area contributed by atoms with Gasteiger partial charge in [0.05, 0.1) is 5.54 Å². The highest BCUT2D eigenvalue weighted by Gasteiger charge is 2.64. The van der Waals surface area contributed by atoms with Gasteiger partial charge in [0, 0.05) is 72.9 Å². The number of rotatable bonds is 2. The molecule has 4 bridgehead atoms. The van der Waals surface area contributed by atoms with Gasteiger partial charge in [0.25, 0.3) is 0 Å². The summed E-state index contributed by atoms with van der Waals surface area (Å²) >= 11 is 0. The molecule has 4 heterocycles. The van der Waals surface area contributed by atoms with Gasteiger partial charge in [-0.3, -0.25) is 0 Å². The number of fused-ring (bicyclic) bond motifs is 14. The lowest BCUT2D eigenvalue weighted by Crippen LogP contribution is -2.55. The Bertz CT molecular complexity index is 4820. The first kappa shape index (κ1) is 62.7. The van der Waals surface area contributed by atoms with E-state index in [0.29, 0.717) is 0 Å². The second kappa shape index (κ2) is 18.5. The number of hydrogen-bond acceptors (Lipinski definition) is 3. The molecule has 4 heteroatoms. The smallest absolute Gasteiger partial charge is 0.245 e. The normalized spacial score (nSPS) is 28.6. The molecule has 0 saturated heterocycles. The van der Waals surface area contributed by atoms with Gasteiger partial charge < -0.3 is 14.7 Å². The fraction of sp³-hybridized carbons (Fsp3) is 0.505. The molecule has 0 spiro atoms. The van der Waals surface area contributed by atoms with Gasteiger partial charge in [-0.25, -0.2) is 0 Å². The van der Waals surface area contributed by atoms with E-state index in [1.165, 1.54) is 152 Å². The van der Waals surface area contributed by atoms with Crippen LogP contribution in [0, 0.1) is 0 Å². The fourth-order valence-corrected chi connectivity index (χ4v) is 23.6. The molecule has 0 radical (unpaired) electrons.